The Bertz CT molecular complexity index is 1660. The number of hydrogen-bond donors (Lipinski definition) is 3. The highest BCUT2D eigenvalue weighted by Crippen LogP contribution is 2.33. The zero-order valence-electron chi connectivity index (χ0n) is 23.6. The van der Waals surface area contributed by atoms with Gasteiger partial charge in [0.15, 0.2) is 11.5 Å². The predicted octanol–water partition coefficient (Wildman–Crippen LogP) is 5.03. The molecular formula is C32H33FN6O2. The summed E-state index contributed by atoms with van der Waals surface area (Å²) in [6, 6.07) is 14.3. The molecular weight excluding hydrogens is 519 g/mol. The van der Waals surface area contributed by atoms with Crippen molar-refractivity contribution < 1.29 is 14.0 Å². The van der Waals surface area contributed by atoms with Crippen LogP contribution in [0.15, 0.2) is 54.7 Å². The molecule has 1 saturated heterocycles. The van der Waals surface area contributed by atoms with E-state index in [-0.39, 0.29) is 29.8 Å². The van der Waals surface area contributed by atoms with Crippen molar-refractivity contribution in [2.75, 3.05) is 18.4 Å². The summed E-state index contributed by atoms with van der Waals surface area (Å²) < 4.78 is 15.3. The number of nitrogens with one attached hydrogen (secondary N) is 3. The fraction of sp³-hybridized carbons (Fsp3) is 0.312. The third-order valence-corrected chi connectivity index (χ3v) is 7.33. The second-order valence-electron chi connectivity index (χ2n) is 11.2. The first-order valence-corrected chi connectivity index (χ1v) is 13.6. The second kappa shape index (κ2) is 11.4. The Hall–Kier alpha value is -4.71. The van der Waals surface area contributed by atoms with E-state index >= 15 is 4.39 Å². The van der Waals surface area contributed by atoms with Crippen LogP contribution in [0.1, 0.15) is 55.6 Å². The summed E-state index contributed by atoms with van der Waals surface area (Å²) in [5.74, 6) is 4.97. The Morgan fingerprint density at radius 1 is 1.15 bits per heavy atom. The summed E-state index contributed by atoms with van der Waals surface area (Å²) in [6.07, 6.45) is 2.41. The van der Waals surface area contributed by atoms with E-state index in [9.17, 15) is 9.59 Å². The lowest BCUT2D eigenvalue weighted by molar-refractivity contribution is -0.124. The monoisotopic (exact) mass is 552 g/mol. The van der Waals surface area contributed by atoms with E-state index in [1.807, 2.05) is 24.3 Å². The van der Waals surface area contributed by atoms with Crippen LogP contribution < -0.4 is 10.6 Å². The summed E-state index contributed by atoms with van der Waals surface area (Å²) in [7, 11) is 0. The minimum absolute atomic E-state index is 0.00421. The minimum Gasteiger partial charge on any atom is -0.363 e. The summed E-state index contributed by atoms with van der Waals surface area (Å²) in [4.78, 5) is 30.9. The van der Waals surface area contributed by atoms with Crippen LogP contribution in [-0.2, 0) is 16.8 Å². The topological polar surface area (TPSA) is 103 Å². The molecule has 1 fully saturated rings. The van der Waals surface area contributed by atoms with Gasteiger partial charge in [0.2, 0.25) is 0 Å². The number of benzene rings is 2. The Balaban J connectivity index is 1.30. The maximum atomic E-state index is 15.3. The summed E-state index contributed by atoms with van der Waals surface area (Å²) in [5.41, 5.74) is 4.05. The first kappa shape index (κ1) is 27.8. The highest BCUT2D eigenvalue weighted by Gasteiger charge is 2.27. The first-order valence-electron chi connectivity index (χ1n) is 13.6. The number of carbonyl (C=O) groups excluding carboxylic acids is 2. The van der Waals surface area contributed by atoms with Crippen LogP contribution in [0.4, 0.5) is 10.2 Å². The maximum Gasteiger partial charge on any atom is 0.298 e. The van der Waals surface area contributed by atoms with Gasteiger partial charge in [-0.05, 0) is 65.6 Å². The number of carbonyl (C=O) groups is 2. The molecule has 4 aromatic rings. The van der Waals surface area contributed by atoms with Crippen molar-refractivity contribution >= 4 is 28.7 Å². The molecule has 5 rings (SSSR count). The van der Waals surface area contributed by atoms with Gasteiger partial charge in [0, 0.05) is 43.0 Å². The molecule has 0 bridgehead atoms. The van der Waals surface area contributed by atoms with Crippen LogP contribution in [0, 0.1) is 17.7 Å². The Morgan fingerprint density at radius 2 is 1.93 bits per heavy atom. The van der Waals surface area contributed by atoms with Gasteiger partial charge in [-0.15, -0.1) is 0 Å². The second-order valence-corrected chi connectivity index (χ2v) is 11.2. The molecule has 3 N–H and O–H groups in total. The predicted molar refractivity (Wildman–Crippen MR) is 158 cm³/mol. The number of rotatable bonds is 6. The molecule has 0 unspecified atom stereocenters. The number of hydrogen-bond acceptors (Lipinski definition) is 5. The van der Waals surface area contributed by atoms with Gasteiger partial charge in [-0.25, -0.2) is 9.37 Å². The van der Waals surface area contributed by atoms with E-state index in [1.165, 1.54) is 6.07 Å². The van der Waals surface area contributed by atoms with Crippen LogP contribution in [0.3, 0.4) is 0 Å². The van der Waals surface area contributed by atoms with Gasteiger partial charge >= 0.3 is 0 Å². The van der Waals surface area contributed by atoms with Gasteiger partial charge in [-0.1, -0.05) is 51.0 Å². The van der Waals surface area contributed by atoms with Crippen molar-refractivity contribution in [2.24, 2.45) is 0 Å². The molecule has 1 aliphatic rings. The molecule has 1 atom stereocenters. The molecule has 210 valence electrons. The van der Waals surface area contributed by atoms with Gasteiger partial charge in [0.05, 0.1) is 5.39 Å². The number of halogens is 1. The molecule has 2 aromatic heterocycles. The van der Waals surface area contributed by atoms with Crippen molar-refractivity contribution in [3.8, 4) is 23.0 Å². The molecule has 2 aromatic carbocycles. The van der Waals surface area contributed by atoms with Crippen molar-refractivity contribution in [1.82, 2.24) is 25.4 Å². The van der Waals surface area contributed by atoms with Gasteiger partial charge < -0.3 is 15.5 Å². The third-order valence-electron chi connectivity index (χ3n) is 7.33. The molecule has 0 aliphatic carbocycles. The molecule has 2 amide bonds. The lowest BCUT2D eigenvalue weighted by Crippen LogP contribution is -2.30. The number of amides is 2. The number of nitrogens with zero attached hydrogens (tertiary/aromatic N) is 3. The zero-order valence-corrected chi connectivity index (χ0v) is 23.6. The quantitative estimate of drug-likeness (QED) is 0.291. The smallest absolute Gasteiger partial charge is 0.298 e. The number of likely N-dealkylation sites (tertiary alicyclic amines) is 1. The fourth-order valence-corrected chi connectivity index (χ4v) is 5.00. The molecule has 3 heterocycles. The Kier molecular flexibility index (Phi) is 7.75. The summed E-state index contributed by atoms with van der Waals surface area (Å²) in [6.45, 7) is 9.20. The number of H-pyrrole nitrogens is 1. The molecule has 0 saturated carbocycles. The number of pyridine rings is 1. The van der Waals surface area contributed by atoms with E-state index in [0.717, 1.165) is 22.9 Å². The van der Waals surface area contributed by atoms with Gasteiger partial charge in [0.1, 0.15) is 5.82 Å². The highest BCUT2D eigenvalue weighted by molar-refractivity contribution is 6.00. The van der Waals surface area contributed by atoms with Crippen LogP contribution >= 0.6 is 0 Å². The van der Waals surface area contributed by atoms with Gasteiger partial charge in [-0.3, -0.25) is 14.7 Å². The van der Waals surface area contributed by atoms with Crippen molar-refractivity contribution in [1.29, 1.82) is 0 Å². The van der Waals surface area contributed by atoms with E-state index in [1.54, 1.807) is 36.2 Å². The minimum atomic E-state index is -0.421. The van der Waals surface area contributed by atoms with Crippen LogP contribution in [0.2, 0.25) is 0 Å². The van der Waals surface area contributed by atoms with Crippen molar-refractivity contribution in [2.45, 2.75) is 52.1 Å². The molecule has 0 radical (unpaired) electrons. The highest BCUT2D eigenvalue weighted by atomic mass is 19.1. The number of fused-ring (bicyclic) bond motifs is 1. The molecule has 8 nitrogen and oxygen atoms in total. The van der Waals surface area contributed by atoms with Gasteiger partial charge in [-0.2, -0.15) is 5.10 Å². The van der Waals surface area contributed by atoms with E-state index in [2.05, 4.69) is 58.4 Å². The standard InChI is InChI=1S/C32H33FN6O2/c1-5-6-27(40)39-16-14-24(19-39)36-30-28-25(13-15-34-29(28)37-38-30)21-7-8-22(26(33)17-21)18-35-31(41)20-9-11-23(12-10-20)32(2,3)4/h7-13,15,17,24H,14,16,18-19H2,1-4H3,(H,35,41)(H2,34,36,37,38)/t24-/m1/s1. The largest absolute Gasteiger partial charge is 0.363 e. The van der Waals surface area contributed by atoms with Crippen LogP contribution in [-0.4, -0.2) is 51.0 Å². The number of aromatic nitrogens is 3. The molecule has 9 heteroatoms. The molecule has 41 heavy (non-hydrogen) atoms. The maximum absolute atomic E-state index is 15.3. The fourth-order valence-electron chi connectivity index (χ4n) is 5.00. The first-order chi connectivity index (χ1) is 19.6. The lowest BCUT2D eigenvalue weighted by Gasteiger charge is -2.19. The van der Waals surface area contributed by atoms with E-state index in [0.29, 0.717) is 41.2 Å². The van der Waals surface area contributed by atoms with Gasteiger partial charge in [0.25, 0.3) is 11.8 Å². The van der Waals surface area contributed by atoms with Crippen LogP contribution in [0.5, 0.6) is 0 Å². The van der Waals surface area contributed by atoms with E-state index < -0.39 is 5.82 Å². The summed E-state index contributed by atoms with van der Waals surface area (Å²) in [5, 5.41) is 14.3. The van der Waals surface area contributed by atoms with Crippen molar-refractivity contribution in [3.05, 3.63) is 77.2 Å². The molecule has 1 aliphatic heterocycles. The summed E-state index contributed by atoms with van der Waals surface area (Å²) >= 11 is 0. The third kappa shape index (κ3) is 6.07. The Labute approximate surface area is 238 Å². The van der Waals surface area contributed by atoms with E-state index in [4.69, 9.17) is 0 Å². The lowest BCUT2D eigenvalue weighted by atomic mass is 9.87. The molecule has 0 spiro atoms. The Morgan fingerprint density at radius 3 is 2.63 bits per heavy atom. The average Bonchev–Trinajstić information content (AvgIpc) is 3.59. The normalized spacial score (nSPS) is 15.0. The average molecular weight is 553 g/mol. The number of aromatic amines is 1. The SMILES string of the molecule is CC#CC(=O)N1CC[C@@H](Nc2n[nH]c3nccc(-c4ccc(CNC(=O)c5ccc(C(C)(C)C)cc5)c(F)c4)c23)C1. The van der Waals surface area contributed by atoms with Crippen molar-refractivity contribution in [3.63, 3.8) is 0 Å². The number of anilines is 1. The zero-order chi connectivity index (χ0) is 29.1. The van der Waals surface area contributed by atoms with Crippen LogP contribution in [0.25, 0.3) is 22.2 Å².